The molecule has 0 N–H and O–H groups in total. The van der Waals surface area contributed by atoms with Gasteiger partial charge in [0.25, 0.3) is 0 Å². The molecule has 1 aliphatic rings. The van der Waals surface area contributed by atoms with Crippen LogP contribution in [0.15, 0.2) is 40.9 Å². The zero-order valence-corrected chi connectivity index (χ0v) is 12.7. The number of hydrogen-bond donors (Lipinski definition) is 0. The Kier molecular flexibility index (Phi) is 6.81. The number of carbonyl (C=O) groups excluding carboxylic acids is 1. The second-order valence-corrected chi connectivity index (χ2v) is 4.30. The van der Waals surface area contributed by atoms with Gasteiger partial charge < -0.3 is 4.74 Å². The van der Waals surface area contributed by atoms with E-state index >= 15 is 0 Å². The molecule has 0 aliphatic carbocycles. The molecule has 5 heteroatoms. The number of carbonyl (C=O) groups is 1. The minimum absolute atomic E-state index is 0.0348. The molecule has 2 nitrogen and oxygen atoms in total. The third-order valence-corrected chi connectivity index (χ3v) is 2.75. The van der Waals surface area contributed by atoms with Crippen molar-refractivity contribution in [1.29, 1.82) is 0 Å². The van der Waals surface area contributed by atoms with E-state index in [4.69, 9.17) is 16.3 Å². The SMILES string of the molecule is C/C(Cl)=C1/C(=O)OCC1[CH-]c1ccccc1.[Cl][Pd+]. The van der Waals surface area contributed by atoms with Crippen molar-refractivity contribution in [2.24, 2.45) is 5.92 Å². The van der Waals surface area contributed by atoms with Gasteiger partial charge >= 0.3 is 33.7 Å². The molecule has 0 bridgehead atoms. The molecule has 0 spiro atoms. The van der Waals surface area contributed by atoms with Crippen LogP contribution in [0.3, 0.4) is 0 Å². The van der Waals surface area contributed by atoms with Crippen molar-refractivity contribution in [2.45, 2.75) is 6.92 Å². The first-order valence-corrected chi connectivity index (χ1v) is 7.61. The molecule has 1 atom stereocenters. The van der Waals surface area contributed by atoms with Gasteiger partial charge in [-0.15, -0.1) is 12.1 Å². The van der Waals surface area contributed by atoms with E-state index in [2.05, 4.69) is 27.7 Å². The van der Waals surface area contributed by atoms with Gasteiger partial charge in [0.1, 0.15) is 0 Å². The molecule has 1 unspecified atom stereocenters. The molecule has 0 saturated carbocycles. The second-order valence-electron chi connectivity index (χ2n) is 3.73. The number of benzene rings is 1. The molecule has 100 valence electrons. The van der Waals surface area contributed by atoms with Crippen LogP contribution in [-0.2, 0) is 27.7 Å². The molecular formula is C13H12Cl2O2Pd. The van der Waals surface area contributed by atoms with Gasteiger partial charge in [0.05, 0.1) is 12.2 Å². The van der Waals surface area contributed by atoms with E-state index in [0.717, 1.165) is 5.56 Å². The molecule has 2 rings (SSSR count). The third kappa shape index (κ3) is 4.03. The Morgan fingerprint density at radius 3 is 2.56 bits per heavy atom. The minimum atomic E-state index is -0.301. The molecule has 18 heavy (non-hydrogen) atoms. The summed E-state index contributed by atoms with van der Waals surface area (Å²) in [5.74, 6) is -0.336. The van der Waals surface area contributed by atoms with Gasteiger partial charge in [-0.1, -0.05) is 17.7 Å². The summed E-state index contributed by atoms with van der Waals surface area (Å²) < 4.78 is 5.00. The molecule has 0 aromatic heterocycles. The van der Waals surface area contributed by atoms with E-state index in [1.807, 2.05) is 36.8 Å². The third-order valence-electron chi connectivity index (χ3n) is 2.55. The Balaban J connectivity index is 0.000000771. The molecule has 0 radical (unpaired) electrons. The van der Waals surface area contributed by atoms with Crippen LogP contribution in [0.2, 0.25) is 0 Å². The number of cyclic esters (lactones) is 1. The number of esters is 1. The molecule has 1 aromatic rings. The zero-order chi connectivity index (χ0) is 13.5. The number of rotatable bonds is 2. The van der Waals surface area contributed by atoms with Gasteiger partial charge in [-0.25, -0.2) is 4.79 Å². The van der Waals surface area contributed by atoms with Crippen LogP contribution in [0, 0.1) is 12.3 Å². The van der Waals surface area contributed by atoms with E-state index in [-0.39, 0.29) is 11.9 Å². The number of halogens is 2. The first-order chi connectivity index (χ1) is 8.68. The number of hydrogen-bond acceptors (Lipinski definition) is 2. The van der Waals surface area contributed by atoms with Gasteiger partial charge in [0.2, 0.25) is 0 Å². The van der Waals surface area contributed by atoms with Crippen LogP contribution in [0.4, 0.5) is 0 Å². The topological polar surface area (TPSA) is 26.3 Å². The zero-order valence-electron chi connectivity index (χ0n) is 9.64. The van der Waals surface area contributed by atoms with Crippen molar-refractivity contribution in [2.75, 3.05) is 6.61 Å². The van der Waals surface area contributed by atoms with Crippen molar-refractivity contribution < 1.29 is 27.7 Å². The Morgan fingerprint density at radius 2 is 2.00 bits per heavy atom. The number of ether oxygens (including phenoxy) is 1. The maximum atomic E-state index is 11.4. The predicted octanol–water partition coefficient (Wildman–Crippen LogP) is 3.61. The Bertz CT molecular complexity index is 428. The summed E-state index contributed by atoms with van der Waals surface area (Å²) in [5, 5.41) is 0.514. The summed E-state index contributed by atoms with van der Waals surface area (Å²) in [5.41, 5.74) is 1.65. The normalized spacial score (nSPS) is 20.7. The fraction of sp³-hybridized carbons (Fsp3) is 0.231. The summed E-state index contributed by atoms with van der Waals surface area (Å²) in [6.45, 7) is 2.10. The Morgan fingerprint density at radius 1 is 1.39 bits per heavy atom. The van der Waals surface area contributed by atoms with E-state index in [1.165, 1.54) is 0 Å². The summed E-state index contributed by atoms with van der Waals surface area (Å²) in [6.07, 6.45) is 2.01. The summed E-state index contributed by atoms with van der Waals surface area (Å²) in [7, 11) is 4.49. The van der Waals surface area contributed by atoms with E-state index in [1.54, 1.807) is 6.92 Å². The molecule has 1 aromatic carbocycles. The first kappa shape index (κ1) is 15.6. The molecule has 1 saturated heterocycles. The van der Waals surface area contributed by atoms with Gasteiger partial charge in [0.15, 0.2) is 0 Å². The standard InChI is InChI=1S/C13H12ClO2.ClH.Pd/c1-9(14)12-11(8-16-13(12)15)7-10-5-3-2-4-6-10;;/h2-7,11H,8H2,1H3;1H;/q-1;;+2/p-1/b12-9-;;. The van der Waals surface area contributed by atoms with Crippen molar-refractivity contribution in [3.63, 3.8) is 0 Å². The Labute approximate surface area is 127 Å². The first-order valence-electron chi connectivity index (χ1n) is 5.24. The van der Waals surface area contributed by atoms with Gasteiger partial charge in [0, 0.05) is 11.0 Å². The maximum absolute atomic E-state index is 11.4. The fourth-order valence-electron chi connectivity index (χ4n) is 1.80. The molecule has 1 aliphatic heterocycles. The van der Waals surface area contributed by atoms with Crippen LogP contribution >= 0.6 is 21.1 Å². The quantitative estimate of drug-likeness (QED) is 0.341. The Hall–Kier alpha value is -0.458. The number of allylic oxidation sites excluding steroid dienone is 1. The van der Waals surface area contributed by atoms with Gasteiger partial charge in [-0.05, 0) is 6.92 Å². The van der Waals surface area contributed by atoms with E-state index in [0.29, 0.717) is 17.2 Å². The van der Waals surface area contributed by atoms with Crippen LogP contribution in [0.1, 0.15) is 12.5 Å². The van der Waals surface area contributed by atoms with Crippen molar-refractivity contribution in [1.82, 2.24) is 0 Å². The summed E-state index contributed by atoms with van der Waals surface area (Å²) in [4.78, 5) is 11.4. The van der Waals surface area contributed by atoms with Crippen LogP contribution in [0.25, 0.3) is 0 Å². The van der Waals surface area contributed by atoms with Crippen molar-refractivity contribution >= 4 is 27.1 Å². The summed E-state index contributed by atoms with van der Waals surface area (Å²) >= 11 is 8.12. The molecule has 1 heterocycles. The summed E-state index contributed by atoms with van der Waals surface area (Å²) in [6, 6.07) is 9.85. The predicted molar refractivity (Wildman–Crippen MR) is 68.7 cm³/mol. The van der Waals surface area contributed by atoms with Gasteiger partial charge in [-0.2, -0.15) is 24.1 Å². The second kappa shape index (κ2) is 7.86. The van der Waals surface area contributed by atoms with Crippen molar-refractivity contribution in [3.8, 4) is 0 Å². The van der Waals surface area contributed by atoms with E-state index < -0.39 is 0 Å². The molecule has 1 fully saturated rings. The van der Waals surface area contributed by atoms with Crippen LogP contribution < -0.4 is 0 Å². The fourth-order valence-corrected chi connectivity index (χ4v) is 2.02. The average molecular weight is 378 g/mol. The van der Waals surface area contributed by atoms with Crippen molar-refractivity contribution in [3.05, 3.63) is 52.9 Å². The van der Waals surface area contributed by atoms with E-state index in [9.17, 15) is 4.79 Å². The van der Waals surface area contributed by atoms with Crippen LogP contribution in [-0.4, -0.2) is 12.6 Å². The monoisotopic (exact) mass is 376 g/mol. The average Bonchev–Trinajstić information content (AvgIpc) is 2.74. The van der Waals surface area contributed by atoms with Gasteiger partial charge in [-0.3, -0.25) is 0 Å². The van der Waals surface area contributed by atoms with Crippen LogP contribution in [0.5, 0.6) is 0 Å². The molecule has 0 amide bonds. The molecular weight excluding hydrogens is 365 g/mol.